The topological polar surface area (TPSA) is 44.2 Å². The molecule has 4 nitrogen and oxygen atoms in total. The lowest BCUT2D eigenvalue weighted by Crippen LogP contribution is -2.09. The molecule has 1 aromatic heterocycles. The van der Waals surface area contributed by atoms with Crippen LogP contribution in [0.3, 0.4) is 0 Å². The summed E-state index contributed by atoms with van der Waals surface area (Å²) < 4.78 is 12.1. The molecule has 0 aliphatic carbocycles. The summed E-state index contributed by atoms with van der Waals surface area (Å²) in [6.07, 6.45) is 13.3. The van der Waals surface area contributed by atoms with Crippen molar-refractivity contribution >= 4 is 0 Å². The summed E-state index contributed by atoms with van der Waals surface area (Å²) in [4.78, 5) is 8.63. The summed E-state index contributed by atoms with van der Waals surface area (Å²) in [5.74, 6) is 2.08. The molecule has 28 heavy (non-hydrogen) atoms. The summed E-state index contributed by atoms with van der Waals surface area (Å²) in [7, 11) is 0. The molecule has 1 unspecified atom stereocenters. The van der Waals surface area contributed by atoms with Gasteiger partial charge < -0.3 is 9.47 Å². The number of para-hydroxylation sites is 1. The van der Waals surface area contributed by atoms with Gasteiger partial charge in [-0.25, -0.2) is 9.97 Å². The molecule has 0 amide bonds. The van der Waals surface area contributed by atoms with E-state index in [0.717, 1.165) is 42.2 Å². The molecule has 0 N–H and O–H groups in total. The minimum absolute atomic E-state index is 0.497. The number of ether oxygens (including phenoxy) is 2. The zero-order valence-electron chi connectivity index (χ0n) is 17.8. The summed E-state index contributed by atoms with van der Waals surface area (Å²) in [5.41, 5.74) is 1.76. The van der Waals surface area contributed by atoms with Crippen molar-refractivity contribution in [1.29, 1.82) is 0 Å². The minimum Gasteiger partial charge on any atom is -0.493 e. The Morgan fingerprint density at radius 2 is 1.64 bits per heavy atom. The van der Waals surface area contributed by atoms with Crippen LogP contribution in [0.2, 0.25) is 0 Å². The van der Waals surface area contributed by atoms with Crippen LogP contribution in [0.1, 0.15) is 72.1 Å². The molecule has 1 aromatic carbocycles. The normalized spacial score (nSPS) is 12.0. The van der Waals surface area contributed by atoms with Crippen LogP contribution in [0.4, 0.5) is 0 Å². The number of aromatic nitrogens is 2. The van der Waals surface area contributed by atoms with Gasteiger partial charge in [0.1, 0.15) is 17.8 Å². The van der Waals surface area contributed by atoms with Crippen molar-refractivity contribution < 1.29 is 9.47 Å². The molecular formula is C24H36N2O2. The molecule has 2 aromatic rings. The second kappa shape index (κ2) is 13.1. The van der Waals surface area contributed by atoms with E-state index in [1.165, 1.54) is 38.5 Å². The first kappa shape index (κ1) is 22.2. The number of hydrogen-bond acceptors (Lipinski definition) is 4. The third-order valence-electron chi connectivity index (χ3n) is 5.05. The Kier molecular flexibility index (Phi) is 10.4. The zero-order chi connectivity index (χ0) is 20.0. The molecule has 2 rings (SSSR count). The summed E-state index contributed by atoms with van der Waals surface area (Å²) >= 11 is 0. The molecule has 0 radical (unpaired) electrons. The van der Waals surface area contributed by atoms with Crippen LogP contribution in [0, 0.1) is 5.92 Å². The van der Waals surface area contributed by atoms with Gasteiger partial charge in [0.05, 0.1) is 19.4 Å². The largest absolute Gasteiger partial charge is 0.493 e. The van der Waals surface area contributed by atoms with Gasteiger partial charge in [-0.15, -0.1) is 0 Å². The van der Waals surface area contributed by atoms with Gasteiger partial charge in [0.25, 0.3) is 0 Å². The fourth-order valence-corrected chi connectivity index (χ4v) is 3.00. The molecule has 4 heteroatoms. The predicted octanol–water partition coefficient (Wildman–Crippen LogP) is 6.70. The summed E-state index contributed by atoms with van der Waals surface area (Å²) in [6, 6.07) is 8.07. The molecule has 0 saturated heterocycles. The van der Waals surface area contributed by atoms with Crippen LogP contribution in [-0.4, -0.2) is 23.2 Å². The van der Waals surface area contributed by atoms with Crippen LogP contribution in [0.5, 0.6) is 11.5 Å². The number of hydrogen-bond donors (Lipinski definition) is 0. The molecule has 1 atom stereocenters. The Morgan fingerprint density at radius 3 is 2.43 bits per heavy atom. The van der Waals surface area contributed by atoms with Crippen molar-refractivity contribution in [3.8, 4) is 22.8 Å². The number of nitrogens with zero attached hydrogens (tertiary/aromatic N) is 2. The molecular weight excluding hydrogens is 348 g/mol. The maximum atomic E-state index is 6.11. The van der Waals surface area contributed by atoms with Crippen LogP contribution in [0.15, 0.2) is 36.8 Å². The third kappa shape index (κ3) is 7.49. The molecule has 0 aliphatic heterocycles. The SMILES string of the molecule is CCCCCCCCCOc1ccccc1-c1ncncc1OCC(C)CC. The Bertz CT molecular complexity index is 675. The van der Waals surface area contributed by atoms with E-state index in [1.54, 1.807) is 12.5 Å². The average Bonchev–Trinajstić information content (AvgIpc) is 2.74. The van der Waals surface area contributed by atoms with E-state index in [-0.39, 0.29) is 0 Å². The van der Waals surface area contributed by atoms with Crippen LogP contribution < -0.4 is 9.47 Å². The molecule has 0 spiro atoms. The van der Waals surface area contributed by atoms with Crippen molar-refractivity contribution in [3.63, 3.8) is 0 Å². The third-order valence-corrected chi connectivity index (χ3v) is 5.05. The quantitative estimate of drug-likeness (QED) is 0.340. The lowest BCUT2D eigenvalue weighted by atomic mass is 10.1. The van der Waals surface area contributed by atoms with Gasteiger partial charge in [-0.05, 0) is 24.5 Å². The van der Waals surface area contributed by atoms with Gasteiger partial charge in [-0.3, -0.25) is 0 Å². The van der Waals surface area contributed by atoms with Crippen molar-refractivity contribution in [3.05, 3.63) is 36.8 Å². The maximum Gasteiger partial charge on any atom is 0.164 e. The second-order valence-corrected chi connectivity index (χ2v) is 7.53. The fourth-order valence-electron chi connectivity index (χ4n) is 3.00. The lowest BCUT2D eigenvalue weighted by Gasteiger charge is -2.15. The molecule has 0 fully saturated rings. The van der Waals surface area contributed by atoms with E-state index in [2.05, 4.69) is 30.7 Å². The minimum atomic E-state index is 0.497. The van der Waals surface area contributed by atoms with E-state index >= 15 is 0 Å². The highest BCUT2D eigenvalue weighted by Gasteiger charge is 2.14. The van der Waals surface area contributed by atoms with E-state index in [1.807, 2.05) is 24.3 Å². The highest BCUT2D eigenvalue weighted by Crippen LogP contribution is 2.34. The van der Waals surface area contributed by atoms with E-state index in [4.69, 9.17) is 9.47 Å². The van der Waals surface area contributed by atoms with Crippen molar-refractivity contribution in [2.45, 2.75) is 72.1 Å². The Morgan fingerprint density at radius 1 is 0.893 bits per heavy atom. The molecule has 154 valence electrons. The Labute approximate surface area is 170 Å². The van der Waals surface area contributed by atoms with Gasteiger partial charge in [0.15, 0.2) is 5.75 Å². The van der Waals surface area contributed by atoms with Crippen LogP contribution in [-0.2, 0) is 0 Å². The van der Waals surface area contributed by atoms with Crippen molar-refractivity contribution in [2.75, 3.05) is 13.2 Å². The number of rotatable bonds is 14. The highest BCUT2D eigenvalue weighted by atomic mass is 16.5. The standard InChI is InChI=1S/C24H36N2O2/c1-4-6-7-8-9-10-13-16-27-22-15-12-11-14-21(22)24-23(17-25-19-26-24)28-18-20(3)5-2/h11-12,14-15,17,19-20H,4-10,13,16,18H2,1-3H3. The zero-order valence-corrected chi connectivity index (χ0v) is 17.8. The van der Waals surface area contributed by atoms with Gasteiger partial charge >= 0.3 is 0 Å². The summed E-state index contributed by atoms with van der Waals surface area (Å²) in [6.45, 7) is 8.01. The molecule has 0 bridgehead atoms. The lowest BCUT2D eigenvalue weighted by molar-refractivity contribution is 0.255. The fraction of sp³-hybridized carbons (Fsp3) is 0.583. The van der Waals surface area contributed by atoms with Crippen LogP contribution in [0.25, 0.3) is 11.3 Å². The first-order valence-corrected chi connectivity index (χ1v) is 10.9. The molecule has 0 aliphatic rings. The maximum absolute atomic E-state index is 6.11. The highest BCUT2D eigenvalue weighted by molar-refractivity contribution is 5.71. The second-order valence-electron chi connectivity index (χ2n) is 7.53. The van der Waals surface area contributed by atoms with Gasteiger partial charge in [-0.2, -0.15) is 0 Å². The Balaban J connectivity index is 1.94. The molecule has 0 saturated carbocycles. The van der Waals surface area contributed by atoms with Gasteiger partial charge in [0.2, 0.25) is 0 Å². The molecule has 1 heterocycles. The summed E-state index contributed by atoms with van der Waals surface area (Å²) in [5, 5.41) is 0. The van der Waals surface area contributed by atoms with Gasteiger partial charge in [-0.1, -0.05) is 77.8 Å². The van der Waals surface area contributed by atoms with E-state index in [9.17, 15) is 0 Å². The smallest absolute Gasteiger partial charge is 0.164 e. The van der Waals surface area contributed by atoms with Crippen molar-refractivity contribution in [1.82, 2.24) is 9.97 Å². The van der Waals surface area contributed by atoms with E-state index < -0.39 is 0 Å². The van der Waals surface area contributed by atoms with Gasteiger partial charge in [0, 0.05) is 5.56 Å². The first-order chi connectivity index (χ1) is 13.8. The number of unbranched alkanes of at least 4 members (excludes halogenated alkanes) is 6. The monoisotopic (exact) mass is 384 g/mol. The van der Waals surface area contributed by atoms with Crippen molar-refractivity contribution in [2.24, 2.45) is 5.92 Å². The Hall–Kier alpha value is -2.10. The first-order valence-electron chi connectivity index (χ1n) is 10.9. The average molecular weight is 385 g/mol. The predicted molar refractivity (Wildman–Crippen MR) is 116 cm³/mol. The van der Waals surface area contributed by atoms with Crippen LogP contribution >= 0.6 is 0 Å². The van der Waals surface area contributed by atoms with E-state index in [0.29, 0.717) is 12.5 Å². The number of benzene rings is 1.